The molecule has 94 valence electrons. The first-order chi connectivity index (χ1) is 8.47. The van der Waals surface area contributed by atoms with Crippen molar-refractivity contribution >= 4 is 57.1 Å². The van der Waals surface area contributed by atoms with Gasteiger partial charge in [0.1, 0.15) is 4.88 Å². The molecule has 18 heavy (non-hydrogen) atoms. The van der Waals surface area contributed by atoms with Gasteiger partial charge in [-0.3, -0.25) is 4.79 Å². The van der Waals surface area contributed by atoms with Crippen LogP contribution in [0.25, 0.3) is 0 Å². The minimum absolute atomic E-state index is 0.127. The molecule has 0 aliphatic rings. The zero-order chi connectivity index (χ0) is 13.3. The first kappa shape index (κ1) is 13.8. The Bertz CT molecular complexity index is 612. The van der Waals surface area contributed by atoms with Gasteiger partial charge in [0.15, 0.2) is 0 Å². The van der Waals surface area contributed by atoms with Gasteiger partial charge in [-0.1, -0.05) is 11.6 Å². The molecule has 6 heteroatoms. The Morgan fingerprint density at radius 3 is 2.72 bits per heavy atom. The number of rotatable bonds is 2. The molecule has 2 aromatic rings. The van der Waals surface area contributed by atoms with E-state index in [1.165, 1.54) is 11.3 Å². The molecule has 0 aliphatic carbocycles. The van der Waals surface area contributed by atoms with Gasteiger partial charge >= 0.3 is 0 Å². The van der Waals surface area contributed by atoms with Crippen LogP contribution in [0, 0.1) is 17.4 Å². The Morgan fingerprint density at radius 2 is 2.17 bits per heavy atom. The molecule has 0 radical (unpaired) electrons. The number of amides is 1. The summed E-state index contributed by atoms with van der Waals surface area (Å²) in [7, 11) is 0. The van der Waals surface area contributed by atoms with Gasteiger partial charge in [0, 0.05) is 8.59 Å². The van der Waals surface area contributed by atoms with Crippen molar-refractivity contribution in [1.82, 2.24) is 4.98 Å². The van der Waals surface area contributed by atoms with Crippen LogP contribution in [0.15, 0.2) is 18.2 Å². The average Bonchev–Trinajstić information content (AvgIpc) is 2.62. The first-order valence-corrected chi connectivity index (χ1v) is 7.45. The van der Waals surface area contributed by atoms with Crippen LogP contribution >= 0.6 is 45.5 Å². The third-order valence-electron chi connectivity index (χ3n) is 2.29. The summed E-state index contributed by atoms with van der Waals surface area (Å²) in [4.78, 5) is 17.0. The number of nitrogens with zero attached hydrogens (tertiary/aromatic N) is 1. The van der Waals surface area contributed by atoms with E-state index in [4.69, 9.17) is 11.6 Å². The van der Waals surface area contributed by atoms with E-state index in [1.54, 1.807) is 12.1 Å². The summed E-state index contributed by atoms with van der Waals surface area (Å²) in [5, 5.41) is 4.42. The van der Waals surface area contributed by atoms with Gasteiger partial charge in [0.05, 0.1) is 16.4 Å². The first-order valence-electron chi connectivity index (χ1n) is 5.18. The Morgan fingerprint density at radius 1 is 1.44 bits per heavy atom. The van der Waals surface area contributed by atoms with E-state index in [9.17, 15) is 4.79 Å². The van der Waals surface area contributed by atoms with E-state index < -0.39 is 0 Å². The highest BCUT2D eigenvalue weighted by Crippen LogP contribution is 2.24. The maximum atomic E-state index is 12.1. The Hall–Kier alpha value is -0.660. The standard InChI is InChI=1S/C12H10ClIN2OS/c1-6-11(18-7(2)15-6)12(17)16-10-4-3-8(13)5-9(10)14/h3-5H,1-2H3,(H,16,17). The number of aryl methyl sites for hydroxylation is 2. The molecule has 1 amide bonds. The Labute approximate surface area is 128 Å². The molecule has 0 saturated carbocycles. The van der Waals surface area contributed by atoms with E-state index in [-0.39, 0.29) is 5.91 Å². The molecule has 3 nitrogen and oxygen atoms in total. The van der Waals surface area contributed by atoms with Gasteiger partial charge in [-0.15, -0.1) is 11.3 Å². The average molecular weight is 393 g/mol. The summed E-state index contributed by atoms with van der Waals surface area (Å²) in [5.74, 6) is -0.127. The van der Waals surface area contributed by atoms with Gasteiger partial charge in [0.25, 0.3) is 5.91 Å². The van der Waals surface area contributed by atoms with Crippen LogP contribution in [0.4, 0.5) is 5.69 Å². The van der Waals surface area contributed by atoms with Crippen LogP contribution in [0.3, 0.4) is 0 Å². The summed E-state index contributed by atoms with van der Waals surface area (Å²) < 4.78 is 0.910. The second-order valence-corrected chi connectivity index (χ2v) is 6.53. The summed E-state index contributed by atoms with van der Waals surface area (Å²) in [6.07, 6.45) is 0. The van der Waals surface area contributed by atoms with Crippen LogP contribution in [0.2, 0.25) is 5.02 Å². The van der Waals surface area contributed by atoms with Gasteiger partial charge in [-0.2, -0.15) is 0 Å². The van der Waals surface area contributed by atoms with Gasteiger partial charge in [-0.05, 0) is 54.6 Å². The monoisotopic (exact) mass is 392 g/mol. The lowest BCUT2D eigenvalue weighted by Gasteiger charge is -2.06. The minimum atomic E-state index is -0.127. The number of carbonyl (C=O) groups is 1. The smallest absolute Gasteiger partial charge is 0.267 e. The number of carbonyl (C=O) groups excluding carboxylic acids is 1. The van der Waals surface area contributed by atoms with E-state index in [0.717, 1.165) is 20.0 Å². The zero-order valence-electron chi connectivity index (χ0n) is 9.75. The number of nitrogens with one attached hydrogen (secondary N) is 1. The predicted molar refractivity (Wildman–Crippen MR) is 83.7 cm³/mol. The van der Waals surface area contributed by atoms with Gasteiger partial charge < -0.3 is 5.32 Å². The van der Waals surface area contributed by atoms with Crippen molar-refractivity contribution in [2.45, 2.75) is 13.8 Å². The summed E-state index contributed by atoms with van der Waals surface area (Å²) in [5.41, 5.74) is 1.52. The van der Waals surface area contributed by atoms with Crippen LogP contribution in [0.5, 0.6) is 0 Å². The molecule has 1 N–H and O–H groups in total. The Kier molecular flexibility index (Phi) is 4.24. The zero-order valence-corrected chi connectivity index (χ0v) is 13.5. The molecule has 2 rings (SSSR count). The molecule has 0 bridgehead atoms. The van der Waals surface area contributed by atoms with Crippen molar-refractivity contribution in [2.75, 3.05) is 5.32 Å². The van der Waals surface area contributed by atoms with Crippen molar-refractivity contribution in [2.24, 2.45) is 0 Å². The molecule has 1 aromatic heterocycles. The summed E-state index contributed by atoms with van der Waals surface area (Å²) >= 11 is 9.41. The van der Waals surface area contributed by atoms with Crippen LogP contribution in [-0.4, -0.2) is 10.9 Å². The molecule has 1 aromatic carbocycles. The maximum absolute atomic E-state index is 12.1. The topological polar surface area (TPSA) is 42.0 Å². The second kappa shape index (κ2) is 5.54. The highest BCUT2D eigenvalue weighted by atomic mass is 127. The van der Waals surface area contributed by atoms with E-state index in [1.807, 2.05) is 19.9 Å². The molecule has 0 atom stereocenters. The van der Waals surface area contributed by atoms with E-state index in [2.05, 4.69) is 32.9 Å². The van der Waals surface area contributed by atoms with Crippen LogP contribution < -0.4 is 5.32 Å². The summed E-state index contributed by atoms with van der Waals surface area (Å²) in [6, 6.07) is 5.36. The molecule has 0 aliphatic heterocycles. The number of benzene rings is 1. The number of hydrogen-bond acceptors (Lipinski definition) is 3. The lowest BCUT2D eigenvalue weighted by Crippen LogP contribution is -2.12. The highest BCUT2D eigenvalue weighted by molar-refractivity contribution is 14.1. The quantitative estimate of drug-likeness (QED) is 0.776. The molecular weight excluding hydrogens is 383 g/mol. The van der Waals surface area contributed by atoms with Crippen molar-refractivity contribution in [3.8, 4) is 0 Å². The number of hydrogen-bond donors (Lipinski definition) is 1. The number of thiazole rings is 1. The largest absolute Gasteiger partial charge is 0.320 e. The number of aromatic nitrogens is 1. The fourth-order valence-electron chi connectivity index (χ4n) is 1.51. The SMILES string of the molecule is Cc1nc(C)c(C(=O)Nc2ccc(Cl)cc2I)s1. The van der Waals surface area contributed by atoms with Crippen molar-refractivity contribution < 1.29 is 4.79 Å². The molecule has 0 unspecified atom stereocenters. The predicted octanol–water partition coefficient (Wildman–Crippen LogP) is 4.27. The van der Waals surface area contributed by atoms with E-state index >= 15 is 0 Å². The lowest BCUT2D eigenvalue weighted by atomic mass is 10.3. The number of halogens is 2. The second-order valence-electron chi connectivity index (χ2n) is 3.73. The van der Waals surface area contributed by atoms with Gasteiger partial charge in [0.2, 0.25) is 0 Å². The molecule has 0 saturated heterocycles. The molecule has 0 fully saturated rings. The lowest BCUT2D eigenvalue weighted by molar-refractivity contribution is 0.102. The molecular formula is C12H10ClIN2OS. The van der Waals surface area contributed by atoms with Crippen LogP contribution in [0.1, 0.15) is 20.4 Å². The fraction of sp³-hybridized carbons (Fsp3) is 0.167. The Balaban J connectivity index is 2.24. The minimum Gasteiger partial charge on any atom is -0.320 e. The van der Waals surface area contributed by atoms with Crippen molar-refractivity contribution in [3.05, 3.63) is 42.4 Å². The van der Waals surface area contributed by atoms with Gasteiger partial charge in [-0.25, -0.2) is 4.98 Å². The highest BCUT2D eigenvalue weighted by Gasteiger charge is 2.14. The molecule has 0 spiro atoms. The van der Waals surface area contributed by atoms with Crippen LogP contribution in [-0.2, 0) is 0 Å². The summed E-state index contributed by atoms with van der Waals surface area (Å²) in [6.45, 7) is 3.73. The van der Waals surface area contributed by atoms with Crippen molar-refractivity contribution in [3.63, 3.8) is 0 Å². The third kappa shape index (κ3) is 3.02. The normalized spacial score (nSPS) is 10.4. The maximum Gasteiger partial charge on any atom is 0.267 e. The molecule has 1 heterocycles. The number of anilines is 1. The third-order valence-corrected chi connectivity index (χ3v) is 4.49. The van der Waals surface area contributed by atoms with Crippen molar-refractivity contribution in [1.29, 1.82) is 0 Å². The fourth-order valence-corrected chi connectivity index (χ4v) is 3.33. The van der Waals surface area contributed by atoms with E-state index in [0.29, 0.717) is 9.90 Å².